The van der Waals surface area contributed by atoms with E-state index >= 15 is 8.42 Å². The molecule has 0 aliphatic rings. The number of rotatable bonds is 18. The van der Waals surface area contributed by atoms with Gasteiger partial charge in [0.15, 0.2) is 0 Å². The van der Waals surface area contributed by atoms with Gasteiger partial charge in [-0.05, 0) is 311 Å². The molecule has 0 aliphatic heterocycles. The Bertz CT molecular complexity index is 7440. The van der Waals surface area contributed by atoms with E-state index in [1.54, 1.807) is 22.7 Å². The van der Waals surface area contributed by atoms with Gasteiger partial charge in [0.1, 0.15) is 0 Å². The summed E-state index contributed by atoms with van der Waals surface area (Å²) in [5.41, 5.74) is 30.9. The predicted octanol–water partition coefficient (Wildman–Crippen LogP) is 30.8. The fourth-order valence-electron chi connectivity index (χ4n) is 19.7. The predicted molar refractivity (Wildman–Crippen MR) is 518 cm³/mol. The molecule has 0 aliphatic carbocycles. The Balaban J connectivity index is 0.759. The molecule has 0 atom stereocenters. The third-order valence-electron chi connectivity index (χ3n) is 26.3. The van der Waals surface area contributed by atoms with Crippen molar-refractivity contribution in [3.63, 3.8) is 0 Å². The van der Waals surface area contributed by atoms with Crippen molar-refractivity contribution in [2.24, 2.45) is 0 Å². The molecule has 6 heterocycles. The van der Waals surface area contributed by atoms with E-state index < -0.39 is 9.84 Å². The number of aryl methyl sites for hydroxylation is 8. The first-order valence-corrected chi connectivity index (χ1v) is 46.3. The summed E-state index contributed by atoms with van der Waals surface area (Å²) in [6.07, 6.45) is 7.62. The van der Waals surface area contributed by atoms with Crippen molar-refractivity contribution in [2.75, 3.05) is 0 Å². The Labute approximate surface area is 713 Å². The van der Waals surface area contributed by atoms with Crippen molar-refractivity contribution in [1.29, 1.82) is 0 Å². The maximum absolute atomic E-state index is 18.4. The molecule has 0 fully saturated rings. The number of thiophene rings is 2. The second-order valence-electron chi connectivity index (χ2n) is 32.9. The van der Waals surface area contributed by atoms with E-state index in [1.165, 1.54) is 110 Å². The molecular formula is C112H90N4O2S3. The van der Waals surface area contributed by atoms with Gasteiger partial charge in [-0.2, -0.15) is 0 Å². The lowest BCUT2D eigenvalue weighted by molar-refractivity contribution is 0.598. The lowest BCUT2D eigenvalue weighted by atomic mass is 9.99. The van der Waals surface area contributed by atoms with Gasteiger partial charge in [0.25, 0.3) is 0 Å². The topological polar surface area (TPSA) is 53.9 Å². The minimum absolute atomic E-state index is 0.290. The Hall–Kier alpha value is -12.9. The maximum atomic E-state index is 18.4. The van der Waals surface area contributed by atoms with Crippen molar-refractivity contribution in [2.45, 2.75) is 117 Å². The molecule has 0 amide bonds. The van der Waals surface area contributed by atoms with E-state index in [9.17, 15) is 0 Å². The molecular weight excluding hydrogens is 1530 g/mol. The average Bonchev–Trinajstić information content (AvgIpc) is 1.27. The number of fused-ring (bicyclic) bond motifs is 18. The summed E-state index contributed by atoms with van der Waals surface area (Å²) in [4.78, 5) is 0.579. The Morgan fingerprint density at radius 1 is 0.207 bits per heavy atom. The van der Waals surface area contributed by atoms with Gasteiger partial charge in [0.05, 0.1) is 53.9 Å². The zero-order chi connectivity index (χ0) is 81.8. The molecule has 16 aromatic carbocycles. The third kappa shape index (κ3) is 11.9. The number of benzene rings is 16. The molecule has 9 heteroatoms. The van der Waals surface area contributed by atoms with E-state index in [2.05, 4.69) is 377 Å². The smallest absolute Gasteiger partial charge is 0.209 e. The molecule has 0 spiro atoms. The van der Waals surface area contributed by atoms with Crippen LogP contribution in [0.25, 0.3) is 195 Å². The second kappa shape index (κ2) is 29.2. The summed E-state index contributed by atoms with van der Waals surface area (Å²) >= 11 is 3.31. The summed E-state index contributed by atoms with van der Waals surface area (Å²) in [6.45, 7) is 17.8. The van der Waals surface area contributed by atoms with Crippen molar-refractivity contribution in [1.82, 2.24) is 18.3 Å². The molecule has 121 heavy (non-hydrogen) atoms. The van der Waals surface area contributed by atoms with Crippen LogP contribution in [0.5, 0.6) is 0 Å². The minimum atomic E-state index is -4.63. The lowest BCUT2D eigenvalue weighted by Gasteiger charge is -2.18. The molecule has 22 aromatic rings. The molecule has 6 nitrogen and oxygen atoms in total. The highest BCUT2D eigenvalue weighted by molar-refractivity contribution is 7.92. The summed E-state index contributed by atoms with van der Waals surface area (Å²) in [5, 5.41) is 13.2. The summed E-state index contributed by atoms with van der Waals surface area (Å²) < 4.78 is 50.1. The number of aromatic nitrogens is 4. The van der Waals surface area contributed by atoms with Crippen LogP contribution in [-0.4, -0.2) is 26.7 Å². The standard InChI is InChI=1S/C112H90N4O2S3/c1-9-67-17-45-97-87(57-67)88-58-68(10-2)18-46-98(88)113(97)81-35-25-75(26-36-81)79-33-53-105-95(65-79)109-107(119-105)55-43-85(77-29-39-83(40-30-77)115-101-49-21-71(13-5)61-91(101)92-62-72(14-6)22-50-102(92)115)111(109)121(117,118)112-86(78-31-41-84(42-32-78)116-103-51-23-73(15-7)63-93(103)94-64-74(16-8)24-52-104(94)116)44-56-108-110(112)96-66-80(34-54-106(96)120-108)76-27-37-82(38-28-76)114-99-47-19-69(11-3)59-89(99)90-60-70(12-4)20-48-100(90)114/h17-66H,9-16H2,1-8H3. The van der Waals surface area contributed by atoms with Gasteiger partial charge < -0.3 is 18.3 Å². The van der Waals surface area contributed by atoms with Crippen LogP contribution in [0.3, 0.4) is 0 Å². The van der Waals surface area contributed by atoms with Crippen LogP contribution >= 0.6 is 22.7 Å². The maximum Gasteiger partial charge on any atom is 0.209 e. The lowest BCUT2D eigenvalue weighted by Crippen LogP contribution is -2.08. The minimum Gasteiger partial charge on any atom is -0.309 e. The zero-order valence-corrected chi connectivity index (χ0v) is 71.8. The first kappa shape index (κ1) is 74.4. The Kier molecular flexibility index (Phi) is 18.0. The van der Waals surface area contributed by atoms with Crippen LogP contribution < -0.4 is 0 Å². The van der Waals surface area contributed by atoms with Crippen LogP contribution in [0.1, 0.15) is 99.9 Å². The monoisotopic (exact) mass is 1620 g/mol. The number of nitrogens with zero attached hydrogens (tertiary/aromatic N) is 4. The van der Waals surface area contributed by atoms with Gasteiger partial charge >= 0.3 is 0 Å². The molecule has 0 saturated carbocycles. The van der Waals surface area contributed by atoms with E-state index in [0.29, 0.717) is 21.9 Å². The van der Waals surface area contributed by atoms with Gasteiger partial charge in [-0.15, -0.1) is 22.7 Å². The largest absolute Gasteiger partial charge is 0.309 e. The van der Waals surface area contributed by atoms with E-state index in [0.717, 1.165) is 159 Å². The molecule has 0 radical (unpaired) electrons. The first-order chi connectivity index (χ1) is 59.3. The van der Waals surface area contributed by atoms with Crippen molar-refractivity contribution < 1.29 is 8.42 Å². The second-order valence-corrected chi connectivity index (χ2v) is 36.9. The number of hydrogen-bond acceptors (Lipinski definition) is 4. The SMILES string of the molecule is CCc1ccc2c(c1)c1cc(CC)ccc1n2-c1ccc(-c2ccc3sc4ccc(-c5ccc(-n6c7ccc(CC)cc7c7cc(CC)ccc76)cc5)c(S(=O)(=O)c5c(-c6ccc(-n7c8ccc(CC)cc8c8cc(CC)ccc87)cc6)ccc6sc7ccc(-c8ccc(-n9c%10ccc(CC)cc%10c%10cc(CC)ccc%109)cc8)cc7c56)c4c3c2)cc1. The van der Waals surface area contributed by atoms with Gasteiger partial charge in [0, 0.05) is 117 Å². The highest BCUT2D eigenvalue weighted by Crippen LogP contribution is 2.52. The number of sulfone groups is 1. The van der Waals surface area contributed by atoms with E-state index in [1.807, 2.05) is 0 Å². The fourth-order valence-corrected chi connectivity index (χ4v) is 24.1. The van der Waals surface area contributed by atoms with Crippen molar-refractivity contribution in [3.05, 3.63) is 348 Å². The highest BCUT2D eigenvalue weighted by atomic mass is 32.2. The van der Waals surface area contributed by atoms with Crippen LogP contribution in [-0.2, 0) is 61.2 Å². The molecule has 588 valence electrons. The van der Waals surface area contributed by atoms with Crippen LogP contribution in [0.4, 0.5) is 0 Å². The van der Waals surface area contributed by atoms with Crippen molar-refractivity contribution in [3.8, 4) is 67.3 Å². The Morgan fingerprint density at radius 2 is 0.413 bits per heavy atom. The van der Waals surface area contributed by atoms with Gasteiger partial charge in [0.2, 0.25) is 9.84 Å². The molecule has 0 N–H and O–H groups in total. The normalized spacial score (nSPS) is 12.3. The molecule has 22 rings (SSSR count). The molecule has 0 unspecified atom stereocenters. The fraction of sp³-hybridized carbons (Fsp3) is 0.143. The van der Waals surface area contributed by atoms with E-state index in [4.69, 9.17) is 0 Å². The Morgan fingerprint density at radius 3 is 0.636 bits per heavy atom. The quantitative estimate of drug-likeness (QED) is 0.0860. The molecule has 0 bridgehead atoms. The number of hydrogen-bond donors (Lipinski definition) is 0. The van der Waals surface area contributed by atoms with Crippen LogP contribution in [0.2, 0.25) is 0 Å². The zero-order valence-electron chi connectivity index (χ0n) is 69.4. The summed E-state index contributed by atoms with van der Waals surface area (Å²) in [5.74, 6) is 0. The molecule has 0 saturated heterocycles. The van der Waals surface area contributed by atoms with Gasteiger partial charge in [-0.1, -0.05) is 177 Å². The molecule has 6 aromatic heterocycles. The van der Waals surface area contributed by atoms with Gasteiger partial charge in [-0.25, -0.2) is 8.42 Å². The van der Waals surface area contributed by atoms with Crippen LogP contribution in [0, 0.1) is 0 Å². The summed E-state index contributed by atoms with van der Waals surface area (Å²) in [6, 6.07) is 112. The van der Waals surface area contributed by atoms with Gasteiger partial charge in [-0.3, -0.25) is 0 Å². The van der Waals surface area contributed by atoms with Crippen molar-refractivity contribution >= 4 is 160 Å². The van der Waals surface area contributed by atoms with E-state index in [-0.39, 0.29) is 9.79 Å². The summed E-state index contributed by atoms with van der Waals surface area (Å²) in [7, 11) is -4.63. The van der Waals surface area contributed by atoms with Crippen LogP contribution in [0.15, 0.2) is 313 Å². The first-order valence-electron chi connectivity index (χ1n) is 43.2. The highest BCUT2D eigenvalue weighted by Gasteiger charge is 2.34. The average molecular weight is 1620 g/mol. The third-order valence-corrected chi connectivity index (χ3v) is 30.5.